The van der Waals surface area contributed by atoms with Gasteiger partial charge in [0, 0.05) is 25.1 Å². The number of hydrogen-bond donors (Lipinski definition) is 0. The molecule has 0 atom stereocenters. The van der Waals surface area contributed by atoms with Gasteiger partial charge in [0.2, 0.25) is 10.0 Å². The van der Waals surface area contributed by atoms with Crippen LogP contribution in [0.2, 0.25) is 0 Å². The highest BCUT2D eigenvalue weighted by Crippen LogP contribution is 2.27. The zero-order valence-electron chi connectivity index (χ0n) is 13.2. The van der Waals surface area contributed by atoms with Gasteiger partial charge in [-0.05, 0) is 35.4 Å². The van der Waals surface area contributed by atoms with Crippen LogP contribution in [0.25, 0.3) is 11.1 Å². The van der Waals surface area contributed by atoms with Gasteiger partial charge in [-0.15, -0.1) is 0 Å². The molecule has 1 aromatic heterocycles. The van der Waals surface area contributed by atoms with E-state index in [1.165, 1.54) is 16.4 Å². The van der Waals surface area contributed by atoms with E-state index in [9.17, 15) is 12.8 Å². The van der Waals surface area contributed by atoms with Crippen LogP contribution >= 0.6 is 0 Å². The third-order valence-corrected chi connectivity index (χ3v) is 6.19. The molecular formula is C18H15FN2O3S. The Bertz CT molecular complexity index is 996. The number of benzene rings is 2. The van der Waals surface area contributed by atoms with Crippen LogP contribution in [0.15, 0.2) is 64.1 Å². The van der Waals surface area contributed by atoms with Gasteiger partial charge in [-0.3, -0.25) is 0 Å². The molecule has 0 amide bonds. The van der Waals surface area contributed by atoms with E-state index >= 15 is 0 Å². The standard InChI is InChI=1S/C18H15FN2O3S/c19-16-5-1-13(2-6-16)14-3-7-17(8-4-14)25(22,23)21-10-9-18-15(12-21)11-20-24-18/h1-8,11H,9-10,12H2. The summed E-state index contributed by atoms with van der Waals surface area (Å²) < 4.78 is 45.2. The highest BCUT2D eigenvalue weighted by Gasteiger charge is 2.30. The second-order valence-corrected chi connectivity index (χ2v) is 7.83. The third kappa shape index (κ3) is 2.96. The number of sulfonamides is 1. The van der Waals surface area contributed by atoms with Crippen LogP contribution in [0.3, 0.4) is 0 Å². The van der Waals surface area contributed by atoms with E-state index in [1.54, 1.807) is 42.6 Å². The van der Waals surface area contributed by atoms with Crippen LogP contribution in [0, 0.1) is 5.82 Å². The van der Waals surface area contributed by atoms with Crippen molar-refractivity contribution in [2.45, 2.75) is 17.9 Å². The Kier molecular flexibility index (Phi) is 3.89. The predicted molar refractivity (Wildman–Crippen MR) is 89.6 cm³/mol. The molecule has 128 valence electrons. The van der Waals surface area contributed by atoms with Gasteiger partial charge in [-0.2, -0.15) is 4.31 Å². The van der Waals surface area contributed by atoms with E-state index in [2.05, 4.69) is 5.16 Å². The maximum absolute atomic E-state index is 13.0. The van der Waals surface area contributed by atoms with Gasteiger partial charge in [0.25, 0.3) is 0 Å². The lowest BCUT2D eigenvalue weighted by atomic mass is 10.1. The molecule has 0 N–H and O–H groups in total. The van der Waals surface area contributed by atoms with Gasteiger partial charge in [0.05, 0.1) is 11.1 Å². The van der Waals surface area contributed by atoms with E-state index in [1.807, 2.05) is 0 Å². The van der Waals surface area contributed by atoms with Gasteiger partial charge in [-0.1, -0.05) is 29.4 Å². The fraction of sp³-hybridized carbons (Fsp3) is 0.167. The molecule has 0 saturated heterocycles. The number of hydrogen-bond acceptors (Lipinski definition) is 4. The molecule has 0 bridgehead atoms. The fourth-order valence-electron chi connectivity index (χ4n) is 2.93. The number of nitrogens with zero attached hydrogens (tertiary/aromatic N) is 2. The molecule has 0 saturated carbocycles. The van der Waals surface area contributed by atoms with E-state index in [4.69, 9.17) is 4.52 Å². The Morgan fingerprint density at radius 1 is 1.00 bits per heavy atom. The first-order chi connectivity index (χ1) is 12.0. The summed E-state index contributed by atoms with van der Waals surface area (Å²) in [5.74, 6) is 0.444. The maximum atomic E-state index is 13.0. The molecule has 0 spiro atoms. The Balaban J connectivity index is 1.60. The second kappa shape index (κ2) is 6.09. The van der Waals surface area contributed by atoms with E-state index in [-0.39, 0.29) is 17.3 Å². The van der Waals surface area contributed by atoms with Gasteiger partial charge < -0.3 is 4.52 Å². The smallest absolute Gasteiger partial charge is 0.243 e. The van der Waals surface area contributed by atoms with Crippen molar-refractivity contribution in [3.05, 3.63) is 71.9 Å². The SMILES string of the molecule is O=S(=O)(c1ccc(-c2ccc(F)cc2)cc1)N1CCc2oncc2C1. The lowest BCUT2D eigenvalue weighted by Crippen LogP contribution is -2.35. The molecule has 0 aliphatic carbocycles. The van der Waals surface area contributed by atoms with Gasteiger partial charge >= 0.3 is 0 Å². The average Bonchev–Trinajstić information content (AvgIpc) is 3.10. The lowest BCUT2D eigenvalue weighted by Gasteiger charge is -2.25. The van der Waals surface area contributed by atoms with Crippen LogP contribution in [0.4, 0.5) is 4.39 Å². The van der Waals surface area contributed by atoms with Crippen LogP contribution in [-0.2, 0) is 23.0 Å². The molecular weight excluding hydrogens is 343 g/mol. The van der Waals surface area contributed by atoms with Gasteiger partial charge in [0.15, 0.2) is 0 Å². The minimum Gasteiger partial charge on any atom is -0.361 e. The van der Waals surface area contributed by atoms with Crippen LogP contribution in [0.1, 0.15) is 11.3 Å². The Morgan fingerprint density at radius 3 is 2.32 bits per heavy atom. The van der Waals surface area contributed by atoms with Crippen molar-refractivity contribution in [2.75, 3.05) is 6.54 Å². The Labute approximate surface area is 144 Å². The fourth-order valence-corrected chi connectivity index (χ4v) is 4.35. The number of fused-ring (bicyclic) bond motifs is 1. The monoisotopic (exact) mass is 358 g/mol. The van der Waals surface area contributed by atoms with Crippen LogP contribution in [-0.4, -0.2) is 24.4 Å². The summed E-state index contributed by atoms with van der Waals surface area (Å²) in [6.07, 6.45) is 2.08. The first-order valence-electron chi connectivity index (χ1n) is 7.82. The number of aromatic nitrogens is 1. The zero-order valence-corrected chi connectivity index (χ0v) is 14.0. The van der Waals surface area contributed by atoms with Crippen molar-refractivity contribution in [1.29, 1.82) is 0 Å². The highest BCUT2D eigenvalue weighted by atomic mass is 32.2. The molecule has 5 nitrogen and oxygen atoms in total. The summed E-state index contributed by atoms with van der Waals surface area (Å²) >= 11 is 0. The Morgan fingerprint density at radius 2 is 1.64 bits per heavy atom. The lowest BCUT2D eigenvalue weighted by molar-refractivity contribution is 0.331. The summed E-state index contributed by atoms with van der Waals surface area (Å²) in [7, 11) is -3.58. The quantitative estimate of drug-likeness (QED) is 0.721. The van der Waals surface area contributed by atoms with E-state index < -0.39 is 10.0 Å². The second-order valence-electron chi connectivity index (χ2n) is 5.89. The minimum atomic E-state index is -3.58. The predicted octanol–water partition coefficient (Wildman–Crippen LogP) is 3.23. The zero-order chi connectivity index (χ0) is 17.4. The van der Waals surface area contributed by atoms with Crippen molar-refractivity contribution in [3.8, 4) is 11.1 Å². The van der Waals surface area contributed by atoms with Crippen LogP contribution < -0.4 is 0 Å². The number of halogens is 1. The van der Waals surface area contributed by atoms with Crippen molar-refractivity contribution >= 4 is 10.0 Å². The molecule has 1 aliphatic rings. The molecule has 3 aromatic rings. The molecule has 1 aliphatic heterocycles. The normalized spacial score (nSPS) is 15.1. The summed E-state index contributed by atoms with van der Waals surface area (Å²) in [6, 6.07) is 12.7. The van der Waals surface area contributed by atoms with Gasteiger partial charge in [-0.25, -0.2) is 12.8 Å². The van der Waals surface area contributed by atoms with E-state index in [0.717, 1.165) is 22.5 Å². The topological polar surface area (TPSA) is 63.4 Å². The van der Waals surface area contributed by atoms with Gasteiger partial charge in [0.1, 0.15) is 11.6 Å². The molecule has 4 rings (SSSR count). The third-order valence-electron chi connectivity index (χ3n) is 4.33. The average molecular weight is 358 g/mol. The molecule has 2 heterocycles. The largest absolute Gasteiger partial charge is 0.361 e. The minimum absolute atomic E-state index is 0.235. The highest BCUT2D eigenvalue weighted by molar-refractivity contribution is 7.89. The first kappa shape index (κ1) is 16.0. The summed E-state index contributed by atoms with van der Waals surface area (Å²) in [5.41, 5.74) is 2.47. The molecule has 25 heavy (non-hydrogen) atoms. The van der Waals surface area contributed by atoms with Crippen molar-refractivity contribution < 1.29 is 17.3 Å². The molecule has 7 heteroatoms. The van der Waals surface area contributed by atoms with Crippen molar-refractivity contribution in [3.63, 3.8) is 0 Å². The molecule has 0 fully saturated rings. The maximum Gasteiger partial charge on any atom is 0.243 e. The summed E-state index contributed by atoms with van der Waals surface area (Å²) in [4.78, 5) is 0.235. The molecule has 2 aromatic carbocycles. The molecule has 0 unspecified atom stereocenters. The summed E-state index contributed by atoms with van der Waals surface area (Å²) in [6.45, 7) is 0.630. The molecule has 0 radical (unpaired) electrons. The van der Waals surface area contributed by atoms with Crippen LogP contribution in [0.5, 0.6) is 0 Å². The Hall–Kier alpha value is -2.51. The van der Waals surface area contributed by atoms with Crippen molar-refractivity contribution in [2.24, 2.45) is 0 Å². The number of rotatable bonds is 3. The summed E-state index contributed by atoms with van der Waals surface area (Å²) in [5, 5.41) is 3.72. The van der Waals surface area contributed by atoms with E-state index in [0.29, 0.717) is 13.0 Å². The van der Waals surface area contributed by atoms with Crippen molar-refractivity contribution in [1.82, 2.24) is 9.46 Å². The first-order valence-corrected chi connectivity index (χ1v) is 9.26.